The molecular formula is C23H28N2O3. The number of benzene rings is 2. The molecule has 1 saturated carbocycles. The van der Waals surface area contributed by atoms with Gasteiger partial charge >= 0.3 is 0 Å². The number of nitrogens with zero attached hydrogens (tertiary/aromatic N) is 1. The fourth-order valence-corrected chi connectivity index (χ4v) is 3.73. The van der Waals surface area contributed by atoms with Crippen molar-refractivity contribution in [1.29, 1.82) is 0 Å². The van der Waals surface area contributed by atoms with Crippen LogP contribution in [-0.4, -0.2) is 36.4 Å². The van der Waals surface area contributed by atoms with Crippen LogP contribution in [0.4, 0.5) is 5.69 Å². The number of nitrogens with one attached hydrogen (secondary N) is 1. The average Bonchev–Trinajstić information content (AvgIpc) is 2.74. The molecule has 0 bridgehead atoms. The van der Waals surface area contributed by atoms with E-state index >= 15 is 0 Å². The number of ether oxygens (including phenoxy) is 1. The van der Waals surface area contributed by atoms with E-state index in [0.29, 0.717) is 29.2 Å². The Morgan fingerprint density at radius 2 is 1.64 bits per heavy atom. The van der Waals surface area contributed by atoms with E-state index in [1.54, 1.807) is 30.3 Å². The fourth-order valence-electron chi connectivity index (χ4n) is 3.73. The van der Waals surface area contributed by atoms with Gasteiger partial charge in [0.25, 0.3) is 11.8 Å². The van der Waals surface area contributed by atoms with Gasteiger partial charge in [0, 0.05) is 13.1 Å². The summed E-state index contributed by atoms with van der Waals surface area (Å²) >= 11 is 0. The van der Waals surface area contributed by atoms with Gasteiger partial charge in [0.15, 0.2) is 0 Å². The van der Waals surface area contributed by atoms with Gasteiger partial charge in [-0.1, -0.05) is 43.5 Å². The zero-order chi connectivity index (χ0) is 19.9. The third kappa shape index (κ3) is 4.53. The van der Waals surface area contributed by atoms with Gasteiger partial charge in [0.05, 0.1) is 23.4 Å². The van der Waals surface area contributed by atoms with Crippen molar-refractivity contribution in [3.8, 4) is 5.75 Å². The first-order valence-electron chi connectivity index (χ1n) is 10.0. The lowest BCUT2D eigenvalue weighted by atomic mass is 9.94. The van der Waals surface area contributed by atoms with Crippen LogP contribution in [0, 0.1) is 0 Å². The van der Waals surface area contributed by atoms with Gasteiger partial charge in [-0.25, -0.2) is 0 Å². The number of carbonyl (C=O) groups excluding carboxylic acids is 2. The minimum atomic E-state index is -0.287. The Morgan fingerprint density at radius 3 is 2.36 bits per heavy atom. The molecule has 0 radical (unpaired) electrons. The molecule has 0 saturated heterocycles. The zero-order valence-corrected chi connectivity index (χ0v) is 16.6. The molecule has 5 heteroatoms. The molecule has 148 valence electrons. The molecule has 1 aliphatic carbocycles. The molecule has 0 unspecified atom stereocenters. The predicted octanol–water partition coefficient (Wildman–Crippen LogP) is 4.74. The summed E-state index contributed by atoms with van der Waals surface area (Å²) in [5.74, 6) is 0.191. The zero-order valence-electron chi connectivity index (χ0n) is 16.6. The van der Waals surface area contributed by atoms with E-state index in [9.17, 15) is 9.59 Å². The second-order valence-corrected chi connectivity index (χ2v) is 7.14. The smallest absolute Gasteiger partial charge is 0.259 e. The van der Waals surface area contributed by atoms with E-state index in [2.05, 4.69) is 5.32 Å². The molecule has 2 aromatic rings. The minimum Gasteiger partial charge on any atom is -0.493 e. The van der Waals surface area contributed by atoms with Gasteiger partial charge in [-0.2, -0.15) is 0 Å². The van der Waals surface area contributed by atoms with Gasteiger partial charge in [0.1, 0.15) is 5.75 Å². The molecule has 3 rings (SSSR count). The Labute approximate surface area is 166 Å². The van der Waals surface area contributed by atoms with Crippen molar-refractivity contribution in [2.45, 2.75) is 45.1 Å². The Hall–Kier alpha value is -2.82. The first-order valence-corrected chi connectivity index (χ1v) is 10.0. The third-order valence-electron chi connectivity index (χ3n) is 5.28. The molecule has 2 amide bonds. The molecule has 1 aliphatic rings. The summed E-state index contributed by atoms with van der Waals surface area (Å²) in [6.45, 7) is 2.36. The average molecular weight is 380 g/mol. The third-order valence-corrected chi connectivity index (χ3v) is 5.28. The molecular weight excluding hydrogens is 352 g/mol. The Kier molecular flexibility index (Phi) is 6.69. The van der Waals surface area contributed by atoms with E-state index in [4.69, 9.17) is 4.74 Å². The number of rotatable bonds is 6. The number of para-hydroxylation sites is 2. The quantitative estimate of drug-likeness (QED) is 0.787. The summed E-state index contributed by atoms with van der Waals surface area (Å²) in [6.07, 6.45) is 5.64. The summed E-state index contributed by atoms with van der Waals surface area (Å²) in [5, 5.41) is 2.90. The molecule has 1 fully saturated rings. The van der Waals surface area contributed by atoms with Crippen LogP contribution in [0.1, 0.15) is 59.7 Å². The lowest BCUT2D eigenvalue weighted by Gasteiger charge is -2.31. The van der Waals surface area contributed by atoms with Crippen LogP contribution in [0.3, 0.4) is 0 Å². The van der Waals surface area contributed by atoms with Crippen molar-refractivity contribution < 1.29 is 14.3 Å². The van der Waals surface area contributed by atoms with Gasteiger partial charge in [-0.05, 0) is 44.0 Å². The van der Waals surface area contributed by atoms with Crippen LogP contribution in [0.25, 0.3) is 0 Å². The monoisotopic (exact) mass is 380 g/mol. The van der Waals surface area contributed by atoms with Crippen molar-refractivity contribution in [1.82, 2.24) is 4.90 Å². The number of hydrogen-bond donors (Lipinski definition) is 1. The van der Waals surface area contributed by atoms with E-state index in [0.717, 1.165) is 25.7 Å². The summed E-state index contributed by atoms with van der Waals surface area (Å²) < 4.78 is 5.56. The van der Waals surface area contributed by atoms with Crippen LogP contribution < -0.4 is 10.1 Å². The fraction of sp³-hybridized carbons (Fsp3) is 0.391. The maximum absolute atomic E-state index is 13.1. The van der Waals surface area contributed by atoms with Gasteiger partial charge < -0.3 is 15.0 Å². The summed E-state index contributed by atoms with van der Waals surface area (Å²) in [6, 6.07) is 14.6. The van der Waals surface area contributed by atoms with Crippen LogP contribution in [-0.2, 0) is 0 Å². The molecule has 0 spiro atoms. The first-order chi connectivity index (χ1) is 13.6. The highest BCUT2D eigenvalue weighted by molar-refractivity contribution is 6.10. The molecule has 1 N–H and O–H groups in total. The maximum Gasteiger partial charge on any atom is 0.259 e. The standard InChI is InChI=1S/C23H28N2O3/c1-3-28-21-16-10-8-14-19(21)22(26)24-20-15-9-7-13-18(20)23(27)25(2)17-11-5-4-6-12-17/h7-10,13-17H,3-6,11-12H2,1-2H3,(H,24,26). The largest absolute Gasteiger partial charge is 0.493 e. The summed E-state index contributed by atoms with van der Waals surface area (Å²) in [4.78, 5) is 27.8. The van der Waals surface area contributed by atoms with E-state index in [1.165, 1.54) is 6.42 Å². The lowest BCUT2D eigenvalue weighted by Crippen LogP contribution is -2.38. The first kappa shape index (κ1) is 19.9. The molecule has 28 heavy (non-hydrogen) atoms. The van der Waals surface area contributed by atoms with Gasteiger partial charge in [0.2, 0.25) is 0 Å². The van der Waals surface area contributed by atoms with Gasteiger partial charge in [-0.15, -0.1) is 0 Å². The van der Waals surface area contributed by atoms with Crippen molar-refractivity contribution in [2.75, 3.05) is 19.0 Å². The summed E-state index contributed by atoms with van der Waals surface area (Å²) in [5.41, 5.74) is 1.48. The molecule has 0 atom stereocenters. The second-order valence-electron chi connectivity index (χ2n) is 7.14. The topological polar surface area (TPSA) is 58.6 Å². The molecule has 0 heterocycles. The van der Waals surface area contributed by atoms with Gasteiger partial charge in [-0.3, -0.25) is 9.59 Å². The Bertz CT molecular complexity index is 828. The van der Waals surface area contributed by atoms with Crippen LogP contribution in [0.15, 0.2) is 48.5 Å². The number of anilines is 1. The van der Waals surface area contributed by atoms with E-state index in [1.807, 2.05) is 37.1 Å². The van der Waals surface area contributed by atoms with Crippen molar-refractivity contribution in [2.24, 2.45) is 0 Å². The Morgan fingerprint density at radius 1 is 1.00 bits per heavy atom. The SMILES string of the molecule is CCOc1ccccc1C(=O)Nc1ccccc1C(=O)N(C)C1CCCCC1. The van der Waals surface area contributed by atoms with E-state index in [-0.39, 0.29) is 17.9 Å². The van der Waals surface area contributed by atoms with Crippen LogP contribution in [0.5, 0.6) is 5.75 Å². The van der Waals surface area contributed by atoms with Crippen molar-refractivity contribution in [3.05, 3.63) is 59.7 Å². The number of hydrogen-bond acceptors (Lipinski definition) is 3. The van der Waals surface area contributed by atoms with E-state index < -0.39 is 0 Å². The predicted molar refractivity (Wildman–Crippen MR) is 111 cm³/mol. The minimum absolute atomic E-state index is 0.0547. The lowest BCUT2D eigenvalue weighted by molar-refractivity contribution is 0.0697. The molecule has 2 aromatic carbocycles. The van der Waals surface area contributed by atoms with Crippen molar-refractivity contribution >= 4 is 17.5 Å². The molecule has 0 aliphatic heterocycles. The van der Waals surface area contributed by atoms with Crippen molar-refractivity contribution in [3.63, 3.8) is 0 Å². The normalized spacial score (nSPS) is 14.4. The molecule has 5 nitrogen and oxygen atoms in total. The Balaban J connectivity index is 1.80. The maximum atomic E-state index is 13.1. The van der Waals surface area contributed by atoms with Crippen LogP contribution in [0.2, 0.25) is 0 Å². The second kappa shape index (κ2) is 9.40. The highest BCUT2D eigenvalue weighted by atomic mass is 16.5. The number of carbonyl (C=O) groups is 2. The summed E-state index contributed by atoms with van der Waals surface area (Å²) in [7, 11) is 1.86. The van der Waals surface area contributed by atoms with Crippen LogP contribution >= 0.6 is 0 Å². The number of amides is 2. The highest BCUT2D eigenvalue weighted by Crippen LogP contribution is 2.26. The highest BCUT2D eigenvalue weighted by Gasteiger charge is 2.25. The molecule has 0 aromatic heterocycles.